The number of methoxy groups -OCH3 is 1. The van der Waals surface area contributed by atoms with E-state index in [1.54, 1.807) is 9.80 Å². The number of morpholine rings is 1. The summed E-state index contributed by atoms with van der Waals surface area (Å²) in [5.41, 5.74) is 0.892. The Morgan fingerprint density at radius 2 is 1.82 bits per heavy atom. The van der Waals surface area contributed by atoms with Crippen LogP contribution in [0.5, 0.6) is 6.01 Å². The molecule has 4 rings (SSSR count). The molecule has 0 aliphatic carbocycles. The van der Waals surface area contributed by atoms with Crippen LogP contribution >= 0.6 is 0 Å². The van der Waals surface area contributed by atoms with E-state index in [1.165, 1.54) is 19.5 Å². The smallest absolute Gasteiger partial charge is 0.316 e. The number of para-hydroxylation sites is 1. The average Bonchev–Trinajstić information content (AvgIpc) is 2.76. The van der Waals surface area contributed by atoms with Crippen molar-refractivity contribution in [2.24, 2.45) is 0 Å². The molecule has 2 aliphatic heterocycles. The fourth-order valence-corrected chi connectivity index (χ4v) is 3.69. The number of likely N-dealkylation sites (tertiary alicyclic amines) is 1. The van der Waals surface area contributed by atoms with Gasteiger partial charge >= 0.3 is 6.01 Å². The lowest BCUT2D eigenvalue weighted by Crippen LogP contribution is -2.59. The Hall–Kier alpha value is -3.00. The topological polar surface area (TPSA) is 84.9 Å². The quantitative estimate of drug-likeness (QED) is 0.800. The molecular formula is C20H22N4O4. The summed E-state index contributed by atoms with van der Waals surface area (Å²) in [5, 5.41) is 0. The molecule has 1 spiro atoms. The SMILES string of the molecule is COc1ncc(C(=O)N2CCC3(CC2)CN(c2ccccc2)C(=O)CO3)cn1. The van der Waals surface area contributed by atoms with Gasteiger partial charge in [0.1, 0.15) is 6.61 Å². The number of hydrogen-bond donors (Lipinski definition) is 0. The zero-order chi connectivity index (χ0) is 19.6. The minimum absolute atomic E-state index is 0.0364. The number of hydrogen-bond acceptors (Lipinski definition) is 6. The molecule has 0 radical (unpaired) electrons. The van der Waals surface area contributed by atoms with Gasteiger partial charge < -0.3 is 19.3 Å². The Morgan fingerprint density at radius 3 is 2.46 bits per heavy atom. The van der Waals surface area contributed by atoms with Crippen molar-refractivity contribution in [3.05, 3.63) is 48.3 Å². The molecule has 2 aromatic rings. The van der Waals surface area contributed by atoms with Crippen molar-refractivity contribution in [3.8, 4) is 6.01 Å². The number of aromatic nitrogens is 2. The highest BCUT2D eigenvalue weighted by molar-refractivity contribution is 5.95. The van der Waals surface area contributed by atoms with Crippen molar-refractivity contribution >= 4 is 17.5 Å². The molecule has 0 N–H and O–H groups in total. The number of nitrogens with zero attached hydrogens (tertiary/aromatic N) is 4. The predicted molar refractivity (Wildman–Crippen MR) is 101 cm³/mol. The van der Waals surface area contributed by atoms with Gasteiger partial charge in [-0.05, 0) is 25.0 Å². The van der Waals surface area contributed by atoms with Crippen LogP contribution in [0, 0.1) is 0 Å². The zero-order valence-electron chi connectivity index (χ0n) is 15.7. The molecule has 0 saturated carbocycles. The number of rotatable bonds is 3. The maximum Gasteiger partial charge on any atom is 0.316 e. The predicted octanol–water partition coefficient (Wildman–Crippen LogP) is 1.52. The molecule has 2 saturated heterocycles. The van der Waals surface area contributed by atoms with Crippen molar-refractivity contribution in [3.63, 3.8) is 0 Å². The zero-order valence-corrected chi connectivity index (χ0v) is 15.7. The van der Waals surface area contributed by atoms with E-state index >= 15 is 0 Å². The number of amides is 2. The van der Waals surface area contributed by atoms with Crippen LogP contribution in [-0.4, -0.2) is 65.6 Å². The second kappa shape index (κ2) is 7.55. The van der Waals surface area contributed by atoms with Gasteiger partial charge in [-0.25, -0.2) is 9.97 Å². The normalized spacial score (nSPS) is 19.0. The summed E-state index contributed by atoms with van der Waals surface area (Å²) in [5.74, 6) is -0.144. The molecule has 3 heterocycles. The maximum atomic E-state index is 12.7. The molecule has 2 fully saturated rings. The first-order valence-electron chi connectivity index (χ1n) is 9.25. The minimum Gasteiger partial charge on any atom is -0.467 e. The summed E-state index contributed by atoms with van der Waals surface area (Å²) < 4.78 is 10.9. The largest absolute Gasteiger partial charge is 0.467 e. The number of anilines is 1. The number of piperidine rings is 1. The molecule has 8 heteroatoms. The lowest BCUT2D eigenvalue weighted by atomic mass is 9.88. The summed E-state index contributed by atoms with van der Waals surface area (Å²) in [6, 6.07) is 9.86. The maximum absolute atomic E-state index is 12.7. The van der Waals surface area contributed by atoms with E-state index in [2.05, 4.69) is 9.97 Å². The molecule has 0 atom stereocenters. The summed E-state index contributed by atoms with van der Waals surface area (Å²) >= 11 is 0. The van der Waals surface area contributed by atoms with Gasteiger partial charge in [-0.15, -0.1) is 0 Å². The van der Waals surface area contributed by atoms with Gasteiger partial charge in [0.2, 0.25) is 0 Å². The van der Waals surface area contributed by atoms with Crippen molar-refractivity contribution in [2.75, 3.05) is 38.3 Å². The van der Waals surface area contributed by atoms with Gasteiger partial charge in [-0.1, -0.05) is 18.2 Å². The van der Waals surface area contributed by atoms with Crippen LogP contribution in [0.15, 0.2) is 42.7 Å². The van der Waals surface area contributed by atoms with E-state index in [-0.39, 0.29) is 24.4 Å². The second-order valence-corrected chi connectivity index (χ2v) is 7.04. The summed E-state index contributed by atoms with van der Waals surface area (Å²) in [6.07, 6.45) is 4.30. The van der Waals surface area contributed by atoms with Crippen LogP contribution in [0.2, 0.25) is 0 Å². The average molecular weight is 382 g/mol. The number of benzene rings is 1. The monoisotopic (exact) mass is 382 g/mol. The van der Waals surface area contributed by atoms with Gasteiger partial charge in [-0.3, -0.25) is 9.59 Å². The molecule has 0 bridgehead atoms. The molecule has 1 aromatic carbocycles. The highest BCUT2D eigenvalue weighted by Crippen LogP contribution is 2.33. The van der Waals surface area contributed by atoms with E-state index < -0.39 is 5.60 Å². The third-order valence-corrected chi connectivity index (χ3v) is 5.34. The summed E-state index contributed by atoms with van der Waals surface area (Å²) in [7, 11) is 1.48. The lowest BCUT2D eigenvalue weighted by molar-refractivity contribution is -0.143. The Labute approximate surface area is 163 Å². The van der Waals surface area contributed by atoms with E-state index in [9.17, 15) is 9.59 Å². The molecule has 1 aromatic heterocycles. The Morgan fingerprint density at radius 1 is 1.14 bits per heavy atom. The minimum atomic E-state index is -0.420. The molecule has 146 valence electrons. The Bertz CT molecular complexity index is 848. The Kier molecular flexibility index (Phi) is 4.95. The van der Waals surface area contributed by atoms with E-state index in [1.807, 2.05) is 30.3 Å². The highest BCUT2D eigenvalue weighted by atomic mass is 16.5. The Balaban J connectivity index is 1.42. The van der Waals surface area contributed by atoms with Gasteiger partial charge in [0, 0.05) is 31.2 Å². The van der Waals surface area contributed by atoms with Crippen LogP contribution in [0.1, 0.15) is 23.2 Å². The third kappa shape index (κ3) is 3.55. The van der Waals surface area contributed by atoms with E-state index in [0.29, 0.717) is 38.0 Å². The van der Waals surface area contributed by atoms with Crippen LogP contribution in [0.4, 0.5) is 5.69 Å². The van der Waals surface area contributed by atoms with Crippen molar-refractivity contribution in [1.82, 2.24) is 14.9 Å². The van der Waals surface area contributed by atoms with Crippen LogP contribution in [-0.2, 0) is 9.53 Å². The molecular weight excluding hydrogens is 360 g/mol. The highest BCUT2D eigenvalue weighted by Gasteiger charge is 2.43. The molecule has 8 nitrogen and oxygen atoms in total. The van der Waals surface area contributed by atoms with Crippen LogP contribution < -0.4 is 9.64 Å². The number of ether oxygens (including phenoxy) is 2. The first-order chi connectivity index (χ1) is 13.6. The van der Waals surface area contributed by atoms with Gasteiger partial charge in [0.15, 0.2) is 0 Å². The molecule has 2 aliphatic rings. The lowest BCUT2D eigenvalue weighted by Gasteiger charge is -2.46. The van der Waals surface area contributed by atoms with Gasteiger partial charge in [0.05, 0.1) is 24.8 Å². The fraction of sp³-hybridized carbons (Fsp3) is 0.400. The molecule has 2 amide bonds. The first kappa shape index (κ1) is 18.4. The van der Waals surface area contributed by atoms with Crippen molar-refractivity contribution in [2.45, 2.75) is 18.4 Å². The third-order valence-electron chi connectivity index (χ3n) is 5.34. The van der Waals surface area contributed by atoms with E-state index in [0.717, 1.165) is 5.69 Å². The van der Waals surface area contributed by atoms with Gasteiger partial charge in [-0.2, -0.15) is 0 Å². The second-order valence-electron chi connectivity index (χ2n) is 7.04. The molecule has 0 unspecified atom stereocenters. The van der Waals surface area contributed by atoms with E-state index in [4.69, 9.17) is 9.47 Å². The summed E-state index contributed by atoms with van der Waals surface area (Å²) in [6.45, 7) is 1.68. The first-order valence-corrected chi connectivity index (χ1v) is 9.25. The standard InChI is InChI=1S/C20H22N4O4/c1-27-19-21-11-15(12-22-19)18(26)23-9-7-20(8-10-23)14-24(17(25)13-28-20)16-5-3-2-4-6-16/h2-6,11-12H,7-10,13-14H2,1H3. The number of carbonyl (C=O) groups excluding carboxylic acids is 2. The van der Waals surface area contributed by atoms with Crippen molar-refractivity contribution in [1.29, 1.82) is 0 Å². The van der Waals surface area contributed by atoms with Crippen LogP contribution in [0.3, 0.4) is 0 Å². The van der Waals surface area contributed by atoms with Crippen LogP contribution in [0.25, 0.3) is 0 Å². The van der Waals surface area contributed by atoms with Gasteiger partial charge in [0.25, 0.3) is 11.8 Å². The number of carbonyl (C=O) groups is 2. The van der Waals surface area contributed by atoms with Crippen molar-refractivity contribution < 1.29 is 19.1 Å². The fourth-order valence-electron chi connectivity index (χ4n) is 3.69. The summed E-state index contributed by atoms with van der Waals surface area (Å²) in [4.78, 5) is 36.6. The molecule has 28 heavy (non-hydrogen) atoms.